The third kappa shape index (κ3) is 3.39. The van der Waals surface area contributed by atoms with E-state index in [1.165, 1.54) is 12.1 Å². The normalized spacial score (nSPS) is 13.3. The molecule has 1 unspecified atom stereocenters. The fourth-order valence-corrected chi connectivity index (χ4v) is 2.40. The van der Waals surface area contributed by atoms with Crippen LogP contribution in [0.5, 0.6) is 0 Å². The van der Waals surface area contributed by atoms with Gasteiger partial charge in [0.1, 0.15) is 11.9 Å². The second kappa shape index (κ2) is 5.94. The molecule has 0 aliphatic carbocycles. The van der Waals surface area contributed by atoms with Gasteiger partial charge in [-0.3, -0.25) is 0 Å². The summed E-state index contributed by atoms with van der Waals surface area (Å²) in [5, 5.41) is 10.2. The van der Waals surface area contributed by atoms with Crippen molar-refractivity contribution in [2.75, 3.05) is 0 Å². The Hall–Kier alpha value is -1.11. The summed E-state index contributed by atoms with van der Waals surface area (Å²) >= 11 is 8.80. The molecule has 0 aromatic heterocycles. The zero-order valence-electron chi connectivity index (χ0n) is 10.3. The Morgan fingerprint density at radius 3 is 2.33 bits per heavy atom. The van der Waals surface area contributed by atoms with E-state index < -0.39 is 29.2 Å². The zero-order chi connectivity index (χ0) is 15.8. The Labute approximate surface area is 131 Å². The van der Waals surface area contributed by atoms with E-state index in [4.69, 9.17) is 11.6 Å². The van der Waals surface area contributed by atoms with Crippen LogP contribution in [0, 0.1) is 5.82 Å². The minimum absolute atomic E-state index is 0.0925. The lowest BCUT2D eigenvalue weighted by atomic mass is 9.96. The molecule has 0 bridgehead atoms. The van der Waals surface area contributed by atoms with Crippen LogP contribution in [-0.4, -0.2) is 5.11 Å². The van der Waals surface area contributed by atoms with Crippen LogP contribution >= 0.6 is 27.5 Å². The Morgan fingerprint density at radius 2 is 1.71 bits per heavy atom. The maximum Gasteiger partial charge on any atom is 0.416 e. The van der Waals surface area contributed by atoms with Gasteiger partial charge in [-0.05, 0) is 39.7 Å². The minimum atomic E-state index is -4.65. The van der Waals surface area contributed by atoms with E-state index in [0.717, 1.165) is 24.3 Å². The highest BCUT2D eigenvalue weighted by molar-refractivity contribution is 9.10. The monoisotopic (exact) mass is 382 g/mol. The highest BCUT2D eigenvalue weighted by Gasteiger charge is 2.35. The molecule has 0 aliphatic rings. The van der Waals surface area contributed by atoms with Crippen LogP contribution in [0.2, 0.25) is 5.02 Å². The van der Waals surface area contributed by atoms with Crippen molar-refractivity contribution in [2.24, 2.45) is 0 Å². The molecule has 0 spiro atoms. The average Bonchev–Trinajstić information content (AvgIpc) is 2.41. The molecule has 0 heterocycles. The topological polar surface area (TPSA) is 20.2 Å². The van der Waals surface area contributed by atoms with Gasteiger partial charge in [-0.2, -0.15) is 13.2 Å². The predicted molar refractivity (Wildman–Crippen MR) is 74.6 cm³/mol. The summed E-state index contributed by atoms with van der Waals surface area (Å²) < 4.78 is 52.9. The highest BCUT2D eigenvalue weighted by atomic mass is 79.9. The molecule has 2 aromatic carbocycles. The van der Waals surface area contributed by atoms with Crippen LogP contribution in [-0.2, 0) is 6.18 Å². The maximum absolute atomic E-state index is 13.9. The smallest absolute Gasteiger partial charge is 0.384 e. The number of benzene rings is 2. The second-order valence-corrected chi connectivity index (χ2v) is 5.54. The van der Waals surface area contributed by atoms with Crippen LogP contribution in [0.25, 0.3) is 0 Å². The summed E-state index contributed by atoms with van der Waals surface area (Å²) in [5.41, 5.74) is -1.77. The molecule has 2 rings (SSSR count). The van der Waals surface area contributed by atoms with Gasteiger partial charge < -0.3 is 5.11 Å². The lowest BCUT2D eigenvalue weighted by Gasteiger charge is -2.18. The Morgan fingerprint density at radius 1 is 1.10 bits per heavy atom. The van der Waals surface area contributed by atoms with Crippen molar-refractivity contribution < 1.29 is 22.7 Å². The first-order chi connectivity index (χ1) is 9.71. The molecule has 0 saturated carbocycles. The third-order valence-electron chi connectivity index (χ3n) is 2.89. The molecule has 1 N–H and O–H groups in total. The van der Waals surface area contributed by atoms with E-state index in [9.17, 15) is 22.7 Å². The van der Waals surface area contributed by atoms with Gasteiger partial charge in [0, 0.05) is 10.0 Å². The molecule has 0 aliphatic heterocycles. The van der Waals surface area contributed by atoms with Crippen molar-refractivity contribution in [3.8, 4) is 0 Å². The Balaban J connectivity index is 2.56. The van der Waals surface area contributed by atoms with E-state index in [1.807, 2.05) is 0 Å². The maximum atomic E-state index is 13.9. The number of hydrogen-bond donors (Lipinski definition) is 1. The van der Waals surface area contributed by atoms with E-state index in [2.05, 4.69) is 15.9 Å². The Kier molecular flexibility index (Phi) is 4.60. The first kappa shape index (κ1) is 16.3. The van der Waals surface area contributed by atoms with Crippen molar-refractivity contribution in [1.29, 1.82) is 0 Å². The summed E-state index contributed by atoms with van der Waals surface area (Å²) in [6.45, 7) is 0. The summed E-state index contributed by atoms with van der Waals surface area (Å²) in [7, 11) is 0. The molecule has 112 valence electrons. The van der Waals surface area contributed by atoms with Crippen molar-refractivity contribution in [2.45, 2.75) is 12.3 Å². The predicted octanol–water partition coefficient (Wildman–Crippen LogP) is 5.34. The van der Waals surface area contributed by atoms with E-state index >= 15 is 0 Å². The fraction of sp³-hybridized carbons (Fsp3) is 0.143. The van der Waals surface area contributed by atoms with Gasteiger partial charge in [-0.25, -0.2) is 4.39 Å². The standard InChI is InChI=1S/C14H8BrClF4O/c15-10-6-12(17)8(5-11(10)16)13(21)7-3-1-2-4-9(7)14(18,19)20/h1-6,13,21H. The molecule has 0 fully saturated rings. The van der Waals surface area contributed by atoms with Crippen molar-refractivity contribution in [3.63, 3.8) is 0 Å². The van der Waals surface area contributed by atoms with Gasteiger partial charge in [-0.1, -0.05) is 29.8 Å². The molecule has 7 heteroatoms. The molecule has 1 atom stereocenters. The highest BCUT2D eigenvalue weighted by Crippen LogP contribution is 2.38. The summed E-state index contributed by atoms with van der Waals surface area (Å²) in [6, 6.07) is 6.56. The number of halogens is 6. The quantitative estimate of drug-likeness (QED) is 0.548. The van der Waals surface area contributed by atoms with Crippen LogP contribution in [0.15, 0.2) is 40.9 Å². The molecule has 2 aromatic rings. The van der Waals surface area contributed by atoms with E-state index in [1.54, 1.807) is 0 Å². The molecule has 0 amide bonds. The third-order valence-corrected chi connectivity index (χ3v) is 4.09. The number of aliphatic hydroxyl groups excluding tert-OH is 1. The molecular weight excluding hydrogens is 376 g/mol. The summed E-state index contributed by atoms with van der Waals surface area (Å²) in [4.78, 5) is 0. The number of rotatable bonds is 2. The number of alkyl halides is 3. The fourth-order valence-electron chi connectivity index (χ4n) is 1.91. The molecule has 1 nitrogen and oxygen atoms in total. The number of hydrogen-bond acceptors (Lipinski definition) is 1. The molecule has 0 saturated heterocycles. The van der Waals surface area contributed by atoms with Gasteiger partial charge in [0.25, 0.3) is 0 Å². The van der Waals surface area contributed by atoms with Crippen LogP contribution in [0.3, 0.4) is 0 Å². The van der Waals surface area contributed by atoms with Gasteiger partial charge in [0.05, 0.1) is 10.6 Å². The van der Waals surface area contributed by atoms with Gasteiger partial charge >= 0.3 is 6.18 Å². The van der Waals surface area contributed by atoms with E-state index in [0.29, 0.717) is 0 Å². The first-order valence-electron chi connectivity index (χ1n) is 5.70. The molecule has 21 heavy (non-hydrogen) atoms. The lowest BCUT2D eigenvalue weighted by molar-refractivity contribution is -0.139. The number of aliphatic hydroxyl groups is 1. The minimum Gasteiger partial charge on any atom is -0.384 e. The van der Waals surface area contributed by atoms with Crippen molar-refractivity contribution >= 4 is 27.5 Å². The van der Waals surface area contributed by atoms with Gasteiger partial charge in [-0.15, -0.1) is 0 Å². The first-order valence-corrected chi connectivity index (χ1v) is 6.87. The summed E-state index contributed by atoms with van der Waals surface area (Å²) in [6.07, 6.45) is -6.42. The van der Waals surface area contributed by atoms with Crippen LogP contribution in [0.1, 0.15) is 22.8 Å². The summed E-state index contributed by atoms with van der Waals surface area (Å²) in [5.74, 6) is -0.851. The van der Waals surface area contributed by atoms with Crippen molar-refractivity contribution in [1.82, 2.24) is 0 Å². The largest absolute Gasteiger partial charge is 0.416 e. The van der Waals surface area contributed by atoms with Crippen LogP contribution < -0.4 is 0 Å². The van der Waals surface area contributed by atoms with Gasteiger partial charge in [0.15, 0.2) is 0 Å². The van der Waals surface area contributed by atoms with E-state index in [-0.39, 0.29) is 15.1 Å². The average molecular weight is 384 g/mol. The Bertz CT molecular complexity index is 673. The zero-order valence-corrected chi connectivity index (χ0v) is 12.6. The molecular formula is C14H8BrClF4O. The van der Waals surface area contributed by atoms with Crippen molar-refractivity contribution in [3.05, 3.63) is 68.4 Å². The van der Waals surface area contributed by atoms with Crippen LogP contribution in [0.4, 0.5) is 17.6 Å². The second-order valence-electron chi connectivity index (χ2n) is 4.28. The lowest BCUT2D eigenvalue weighted by Crippen LogP contribution is -2.13. The molecule has 0 radical (unpaired) electrons. The van der Waals surface area contributed by atoms with Gasteiger partial charge in [0.2, 0.25) is 0 Å². The SMILES string of the molecule is OC(c1cc(Cl)c(Br)cc1F)c1ccccc1C(F)(F)F.